The molecule has 0 atom stereocenters. The molecule has 3 nitrogen and oxygen atoms in total. The molecule has 6 heteroatoms. The van der Waals surface area contributed by atoms with Crippen molar-refractivity contribution < 1.29 is 13.2 Å². The zero-order valence-corrected chi connectivity index (χ0v) is 11.6. The first-order valence-corrected chi connectivity index (χ1v) is 6.58. The van der Waals surface area contributed by atoms with Crippen molar-refractivity contribution in [2.24, 2.45) is 0 Å². The number of rotatable bonds is 2. The highest BCUT2D eigenvalue weighted by molar-refractivity contribution is 5.71. The lowest BCUT2D eigenvalue weighted by Crippen LogP contribution is -2.04. The van der Waals surface area contributed by atoms with Crippen molar-refractivity contribution in [3.8, 4) is 22.5 Å². The van der Waals surface area contributed by atoms with Gasteiger partial charge in [0.05, 0.1) is 5.56 Å². The summed E-state index contributed by atoms with van der Waals surface area (Å²) in [4.78, 5) is 4.07. The normalized spacial score (nSPS) is 11.6. The number of aromatic amines is 1. The number of nitrogens with zero attached hydrogens (tertiary/aromatic N) is 2. The first-order valence-electron chi connectivity index (χ1n) is 6.58. The van der Waals surface area contributed by atoms with Crippen molar-refractivity contribution in [1.29, 1.82) is 0 Å². The predicted octanol–water partition coefficient (Wildman–Crippen LogP) is 4.47. The fraction of sp³-hybridized carbons (Fsp3) is 0.125. The summed E-state index contributed by atoms with van der Waals surface area (Å²) in [6.45, 7) is 1.89. The van der Waals surface area contributed by atoms with Crippen LogP contribution in [0.2, 0.25) is 0 Å². The van der Waals surface area contributed by atoms with Gasteiger partial charge in [-0.15, -0.1) is 0 Å². The van der Waals surface area contributed by atoms with Gasteiger partial charge in [0.1, 0.15) is 6.33 Å². The molecule has 0 saturated heterocycles. The Kier molecular flexibility index (Phi) is 3.44. The van der Waals surface area contributed by atoms with E-state index in [0.717, 1.165) is 23.3 Å². The Morgan fingerprint density at radius 2 is 1.73 bits per heavy atom. The average molecular weight is 303 g/mol. The van der Waals surface area contributed by atoms with E-state index in [1.807, 2.05) is 19.1 Å². The van der Waals surface area contributed by atoms with Crippen LogP contribution >= 0.6 is 0 Å². The Balaban J connectivity index is 2.09. The molecule has 0 amide bonds. The fourth-order valence-corrected chi connectivity index (χ4v) is 2.31. The summed E-state index contributed by atoms with van der Waals surface area (Å²) in [5.41, 5.74) is 2.27. The second-order valence-electron chi connectivity index (χ2n) is 5.00. The van der Waals surface area contributed by atoms with E-state index in [9.17, 15) is 13.2 Å². The Hall–Kier alpha value is -2.63. The van der Waals surface area contributed by atoms with Crippen molar-refractivity contribution >= 4 is 0 Å². The van der Waals surface area contributed by atoms with Gasteiger partial charge in [0.25, 0.3) is 0 Å². The van der Waals surface area contributed by atoms with Crippen LogP contribution in [-0.2, 0) is 6.18 Å². The van der Waals surface area contributed by atoms with Gasteiger partial charge in [0.2, 0.25) is 0 Å². The number of hydrogen-bond acceptors (Lipinski definition) is 2. The van der Waals surface area contributed by atoms with Crippen molar-refractivity contribution in [3.05, 3.63) is 59.9 Å². The lowest BCUT2D eigenvalue weighted by Gasteiger charge is -2.10. The number of H-pyrrole nitrogens is 1. The number of alkyl halides is 3. The minimum atomic E-state index is -4.35. The molecule has 0 spiro atoms. The lowest BCUT2D eigenvalue weighted by molar-refractivity contribution is -0.137. The molecule has 0 aliphatic heterocycles. The molecule has 0 fully saturated rings. The van der Waals surface area contributed by atoms with Crippen molar-refractivity contribution in [2.75, 3.05) is 0 Å². The van der Waals surface area contributed by atoms with Crippen LogP contribution in [0.4, 0.5) is 13.2 Å². The molecule has 0 saturated carbocycles. The predicted molar refractivity (Wildman–Crippen MR) is 77.0 cm³/mol. The van der Waals surface area contributed by atoms with E-state index in [2.05, 4.69) is 15.2 Å². The van der Waals surface area contributed by atoms with Gasteiger partial charge in [-0.2, -0.15) is 18.3 Å². The van der Waals surface area contributed by atoms with Crippen LogP contribution in [0.3, 0.4) is 0 Å². The van der Waals surface area contributed by atoms with E-state index in [0.29, 0.717) is 17.0 Å². The largest absolute Gasteiger partial charge is 0.416 e. The first kappa shape index (κ1) is 14.3. The van der Waals surface area contributed by atoms with Crippen LogP contribution in [0.5, 0.6) is 0 Å². The molecular formula is C16H12F3N3. The number of aromatic nitrogens is 3. The van der Waals surface area contributed by atoms with Gasteiger partial charge >= 0.3 is 6.18 Å². The maximum absolute atomic E-state index is 12.8. The van der Waals surface area contributed by atoms with Crippen LogP contribution in [0.25, 0.3) is 22.5 Å². The van der Waals surface area contributed by atoms with E-state index in [-0.39, 0.29) is 0 Å². The fourth-order valence-electron chi connectivity index (χ4n) is 2.31. The standard InChI is InChI=1S/C16H12F3N3/c1-10-5-12(7-13(6-10)15-20-9-21-22-15)11-3-2-4-14(8-11)16(17,18)19/h2-9H,1H3,(H,20,21,22). The zero-order valence-electron chi connectivity index (χ0n) is 11.6. The minimum absolute atomic E-state index is 0.513. The highest BCUT2D eigenvalue weighted by Crippen LogP contribution is 2.33. The molecule has 0 unspecified atom stereocenters. The lowest BCUT2D eigenvalue weighted by atomic mass is 9.98. The van der Waals surface area contributed by atoms with Crippen LogP contribution in [0, 0.1) is 6.92 Å². The second-order valence-corrected chi connectivity index (χ2v) is 5.00. The summed E-state index contributed by atoms with van der Waals surface area (Å²) in [5.74, 6) is 0.580. The number of benzene rings is 2. The van der Waals surface area contributed by atoms with Gasteiger partial charge in [0.15, 0.2) is 5.82 Å². The molecule has 0 radical (unpaired) electrons. The van der Waals surface area contributed by atoms with E-state index in [4.69, 9.17) is 0 Å². The van der Waals surface area contributed by atoms with Gasteiger partial charge in [-0.05, 0) is 47.9 Å². The Morgan fingerprint density at radius 1 is 0.955 bits per heavy atom. The maximum atomic E-state index is 12.8. The third kappa shape index (κ3) is 2.86. The van der Waals surface area contributed by atoms with Gasteiger partial charge in [-0.3, -0.25) is 5.10 Å². The van der Waals surface area contributed by atoms with E-state index < -0.39 is 11.7 Å². The van der Waals surface area contributed by atoms with E-state index in [1.165, 1.54) is 12.4 Å². The van der Waals surface area contributed by atoms with Gasteiger partial charge in [-0.25, -0.2) is 4.98 Å². The molecule has 1 aromatic heterocycles. The average Bonchev–Trinajstić information content (AvgIpc) is 3.00. The summed E-state index contributed by atoms with van der Waals surface area (Å²) in [7, 11) is 0. The van der Waals surface area contributed by atoms with E-state index in [1.54, 1.807) is 12.1 Å². The topological polar surface area (TPSA) is 41.6 Å². The number of aryl methyl sites for hydroxylation is 1. The molecule has 112 valence electrons. The van der Waals surface area contributed by atoms with Gasteiger partial charge in [-0.1, -0.05) is 18.2 Å². The monoisotopic (exact) mass is 303 g/mol. The molecule has 2 aromatic carbocycles. The highest BCUT2D eigenvalue weighted by atomic mass is 19.4. The molecule has 22 heavy (non-hydrogen) atoms. The molecule has 3 rings (SSSR count). The molecule has 1 N–H and O–H groups in total. The summed E-state index contributed by atoms with van der Waals surface area (Å²) in [5, 5.41) is 6.55. The zero-order chi connectivity index (χ0) is 15.7. The molecular weight excluding hydrogens is 291 g/mol. The third-order valence-corrected chi connectivity index (χ3v) is 3.29. The summed E-state index contributed by atoms with van der Waals surface area (Å²) in [6, 6.07) is 10.8. The summed E-state index contributed by atoms with van der Waals surface area (Å²) < 4.78 is 38.5. The van der Waals surface area contributed by atoms with E-state index >= 15 is 0 Å². The Morgan fingerprint density at radius 3 is 2.41 bits per heavy atom. The smallest absolute Gasteiger partial charge is 0.259 e. The first-order chi connectivity index (χ1) is 10.4. The molecule has 3 aromatic rings. The van der Waals surface area contributed by atoms with Crippen molar-refractivity contribution in [1.82, 2.24) is 15.2 Å². The van der Waals surface area contributed by atoms with Crippen molar-refractivity contribution in [3.63, 3.8) is 0 Å². The van der Waals surface area contributed by atoms with Crippen molar-refractivity contribution in [2.45, 2.75) is 13.1 Å². The highest BCUT2D eigenvalue weighted by Gasteiger charge is 2.30. The number of hydrogen-bond donors (Lipinski definition) is 1. The maximum Gasteiger partial charge on any atom is 0.416 e. The number of halogens is 3. The SMILES string of the molecule is Cc1cc(-c2cccc(C(F)(F)F)c2)cc(-c2ncn[nH]2)c1. The summed E-state index contributed by atoms with van der Waals surface area (Å²) in [6.07, 6.45) is -2.96. The molecule has 0 aliphatic rings. The summed E-state index contributed by atoms with van der Waals surface area (Å²) >= 11 is 0. The van der Waals surface area contributed by atoms with Gasteiger partial charge < -0.3 is 0 Å². The van der Waals surface area contributed by atoms with Crippen LogP contribution < -0.4 is 0 Å². The molecule has 0 bridgehead atoms. The second kappa shape index (κ2) is 5.29. The van der Waals surface area contributed by atoms with Crippen LogP contribution in [0.1, 0.15) is 11.1 Å². The quantitative estimate of drug-likeness (QED) is 0.759. The third-order valence-electron chi connectivity index (χ3n) is 3.29. The Labute approximate surface area is 124 Å². The van der Waals surface area contributed by atoms with Gasteiger partial charge in [0, 0.05) is 5.56 Å². The Bertz CT molecular complexity index is 793. The minimum Gasteiger partial charge on any atom is -0.259 e. The number of nitrogens with one attached hydrogen (secondary N) is 1. The van der Waals surface area contributed by atoms with Crippen LogP contribution in [-0.4, -0.2) is 15.2 Å². The molecule has 0 aliphatic carbocycles. The molecule has 1 heterocycles. The van der Waals surface area contributed by atoms with Crippen LogP contribution in [0.15, 0.2) is 48.8 Å².